The molecule has 1 amide bonds. The van der Waals surface area contributed by atoms with E-state index in [0.717, 1.165) is 23.0 Å². The van der Waals surface area contributed by atoms with Crippen molar-refractivity contribution in [3.63, 3.8) is 0 Å². The number of carbonyl (C=O) groups excluding carboxylic acids is 1. The predicted octanol–water partition coefficient (Wildman–Crippen LogP) is 4.96. The summed E-state index contributed by atoms with van der Waals surface area (Å²) in [5.41, 5.74) is 3.01. The van der Waals surface area contributed by atoms with E-state index in [-0.39, 0.29) is 11.9 Å². The summed E-state index contributed by atoms with van der Waals surface area (Å²) in [6.07, 6.45) is 2.40. The molecule has 0 fully saturated rings. The average Bonchev–Trinajstić information content (AvgIpc) is 3.25. The van der Waals surface area contributed by atoms with Gasteiger partial charge in [0.1, 0.15) is 5.69 Å². The molecule has 140 valence electrons. The van der Waals surface area contributed by atoms with Gasteiger partial charge in [0.2, 0.25) is 0 Å². The minimum atomic E-state index is -0.0915. The van der Waals surface area contributed by atoms with Crippen molar-refractivity contribution >= 4 is 28.3 Å². The summed E-state index contributed by atoms with van der Waals surface area (Å²) in [5, 5.41) is 2.07. The van der Waals surface area contributed by atoms with Gasteiger partial charge < -0.3 is 4.90 Å². The van der Waals surface area contributed by atoms with Gasteiger partial charge in [0.15, 0.2) is 0 Å². The molecule has 0 saturated carbocycles. The molecule has 28 heavy (non-hydrogen) atoms. The molecule has 1 atom stereocenters. The normalized spacial score (nSPS) is 12.0. The second kappa shape index (κ2) is 8.31. The monoisotopic (exact) mass is 387 g/mol. The Bertz CT molecular complexity index is 1060. The molecule has 0 aliphatic rings. The Morgan fingerprint density at radius 2 is 1.75 bits per heavy atom. The summed E-state index contributed by atoms with van der Waals surface area (Å²) in [4.78, 5) is 25.5. The first-order chi connectivity index (χ1) is 13.7. The van der Waals surface area contributed by atoms with Crippen LogP contribution in [0.5, 0.6) is 0 Å². The molecule has 2 heterocycles. The second-order valence-corrected chi connectivity index (χ2v) is 7.83. The van der Waals surface area contributed by atoms with Crippen molar-refractivity contribution in [3.8, 4) is 0 Å². The molecule has 0 N–H and O–H groups in total. The summed E-state index contributed by atoms with van der Waals surface area (Å²) >= 11 is 1.72. The van der Waals surface area contributed by atoms with Gasteiger partial charge in [-0.25, -0.2) is 4.98 Å². The summed E-state index contributed by atoms with van der Waals surface area (Å²) in [5.74, 6) is -0.0915. The molecule has 2 aromatic carbocycles. The van der Waals surface area contributed by atoms with Crippen LogP contribution in [0.25, 0.3) is 11.0 Å². The first-order valence-electron chi connectivity index (χ1n) is 9.30. The van der Waals surface area contributed by atoms with Gasteiger partial charge in [-0.2, -0.15) is 0 Å². The highest BCUT2D eigenvalue weighted by molar-refractivity contribution is 7.09. The van der Waals surface area contributed by atoms with E-state index in [0.29, 0.717) is 12.2 Å². The third-order valence-corrected chi connectivity index (χ3v) is 5.63. The Labute approximate surface area is 168 Å². The van der Waals surface area contributed by atoms with Crippen LogP contribution in [0.2, 0.25) is 0 Å². The Morgan fingerprint density at radius 1 is 1.00 bits per heavy atom. The fraction of sp³-hybridized carbons (Fsp3) is 0.174. The van der Waals surface area contributed by atoms with E-state index in [9.17, 15) is 4.79 Å². The van der Waals surface area contributed by atoms with E-state index in [1.807, 2.05) is 65.6 Å². The van der Waals surface area contributed by atoms with E-state index < -0.39 is 0 Å². The number of amides is 1. The maximum absolute atomic E-state index is 13.4. The summed E-state index contributed by atoms with van der Waals surface area (Å²) in [7, 11) is 0. The van der Waals surface area contributed by atoms with Crippen LogP contribution in [0.3, 0.4) is 0 Å². The van der Waals surface area contributed by atoms with Gasteiger partial charge in [-0.1, -0.05) is 48.5 Å². The zero-order chi connectivity index (χ0) is 19.3. The van der Waals surface area contributed by atoms with Crippen LogP contribution in [0.1, 0.15) is 27.9 Å². The van der Waals surface area contributed by atoms with E-state index >= 15 is 0 Å². The molecule has 0 aliphatic carbocycles. The third-order valence-electron chi connectivity index (χ3n) is 4.73. The lowest BCUT2D eigenvalue weighted by molar-refractivity contribution is 0.0670. The maximum atomic E-state index is 13.4. The van der Waals surface area contributed by atoms with Gasteiger partial charge in [-0.3, -0.25) is 9.78 Å². The SMILES string of the molecule is C[C@H](Cc1cccs1)N(Cc1ccccc1)C(=O)c1cnc2ccccc2n1. The third kappa shape index (κ3) is 4.10. The van der Waals surface area contributed by atoms with Crippen LogP contribution < -0.4 is 0 Å². The van der Waals surface area contributed by atoms with Gasteiger partial charge in [0.05, 0.1) is 17.2 Å². The van der Waals surface area contributed by atoms with E-state index in [2.05, 4.69) is 28.3 Å². The molecule has 4 rings (SSSR count). The molecule has 0 spiro atoms. The molecule has 0 bridgehead atoms. The highest BCUT2D eigenvalue weighted by Gasteiger charge is 2.24. The molecule has 0 unspecified atom stereocenters. The van der Waals surface area contributed by atoms with Crippen LogP contribution in [0.4, 0.5) is 0 Å². The molecule has 0 aliphatic heterocycles. The number of aromatic nitrogens is 2. The number of carbonyl (C=O) groups is 1. The Morgan fingerprint density at radius 3 is 2.50 bits per heavy atom. The molecule has 2 aromatic heterocycles. The van der Waals surface area contributed by atoms with E-state index in [1.165, 1.54) is 4.88 Å². The van der Waals surface area contributed by atoms with Crippen LogP contribution in [-0.4, -0.2) is 26.8 Å². The first-order valence-corrected chi connectivity index (χ1v) is 10.2. The largest absolute Gasteiger partial charge is 0.330 e. The van der Waals surface area contributed by atoms with Crippen LogP contribution in [0, 0.1) is 0 Å². The van der Waals surface area contributed by atoms with Crippen molar-refractivity contribution in [1.29, 1.82) is 0 Å². The Kier molecular flexibility index (Phi) is 5.44. The van der Waals surface area contributed by atoms with Crippen molar-refractivity contribution in [2.45, 2.75) is 25.9 Å². The smallest absolute Gasteiger partial charge is 0.274 e. The lowest BCUT2D eigenvalue weighted by Crippen LogP contribution is -2.39. The molecular weight excluding hydrogens is 366 g/mol. The zero-order valence-electron chi connectivity index (χ0n) is 15.7. The predicted molar refractivity (Wildman–Crippen MR) is 113 cm³/mol. The van der Waals surface area contributed by atoms with Crippen molar-refractivity contribution in [3.05, 3.63) is 94.4 Å². The maximum Gasteiger partial charge on any atom is 0.274 e. The first kappa shape index (κ1) is 18.3. The number of hydrogen-bond acceptors (Lipinski definition) is 4. The number of nitrogens with zero attached hydrogens (tertiary/aromatic N) is 3. The molecule has 5 heteroatoms. The number of benzene rings is 2. The second-order valence-electron chi connectivity index (χ2n) is 6.80. The van der Waals surface area contributed by atoms with Gasteiger partial charge in [0.25, 0.3) is 5.91 Å². The lowest BCUT2D eigenvalue weighted by Gasteiger charge is -2.29. The van der Waals surface area contributed by atoms with Crippen molar-refractivity contribution in [1.82, 2.24) is 14.9 Å². The standard InChI is InChI=1S/C23H21N3OS/c1-17(14-19-10-7-13-28-19)26(16-18-8-3-2-4-9-18)23(27)22-15-24-20-11-5-6-12-21(20)25-22/h2-13,15,17H,14,16H2,1H3/t17-/m1/s1. The summed E-state index contributed by atoms with van der Waals surface area (Å²) in [6, 6.07) is 21.9. The zero-order valence-corrected chi connectivity index (χ0v) is 16.5. The Hall–Kier alpha value is -3.05. The minimum Gasteiger partial charge on any atom is -0.330 e. The lowest BCUT2D eigenvalue weighted by atomic mass is 10.1. The van der Waals surface area contributed by atoms with Crippen LogP contribution in [-0.2, 0) is 13.0 Å². The number of para-hydroxylation sites is 2. The highest BCUT2D eigenvalue weighted by Crippen LogP contribution is 2.19. The van der Waals surface area contributed by atoms with Crippen LogP contribution in [0.15, 0.2) is 78.3 Å². The highest BCUT2D eigenvalue weighted by atomic mass is 32.1. The molecule has 4 nitrogen and oxygen atoms in total. The van der Waals surface area contributed by atoms with Gasteiger partial charge in [-0.05, 0) is 36.1 Å². The number of rotatable bonds is 6. The summed E-state index contributed by atoms with van der Waals surface area (Å²) < 4.78 is 0. The fourth-order valence-corrected chi connectivity index (χ4v) is 4.07. The van der Waals surface area contributed by atoms with Crippen LogP contribution >= 0.6 is 11.3 Å². The quantitative estimate of drug-likeness (QED) is 0.469. The Balaban J connectivity index is 1.64. The van der Waals surface area contributed by atoms with E-state index in [4.69, 9.17) is 0 Å². The van der Waals surface area contributed by atoms with Crippen molar-refractivity contribution in [2.24, 2.45) is 0 Å². The van der Waals surface area contributed by atoms with Gasteiger partial charge in [-0.15, -0.1) is 11.3 Å². The van der Waals surface area contributed by atoms with Crippen molar-refractivity contribution < 1.29 is 4.79 Å². The molecule has 0 saturated heterocycles. The van der Waals surface area contributed by atoms with Gasteiger partial charge >= 0.3 is 0 Å². The molecular formula is C23H21N3OS. The minimum absolute atomic E-state index is 0.0413. The number of thiophene rings is 1. The number of fused-ring (bicyclic) bond motifs is 1. The summed E-state index contributed by atoms with van der Waals surface area (Å²) in [6.45, 7) is 2.63. The topological polar surface area (TPSA) is 46.1 Å². The van der Waals surface area contributed by atoms with E-state index in [1.54, 1.807) is 17.5 Å². The number of hydrogen-bond donors (Lipinski definition) is 0. The fourth-order valence-electron chi connectivity index (χ4n) is 3.25. The molecule has 0 radical (unpaired) electrons. The average molecular weight is 388 g/mol. The molecule has 4 aromatic rings. The van der Waals surface area contributed by atoms with Crippen molar-refractivity contribution in [2.75, 3.05) is 0 Å². The van der Waals surface area contributed by atoms with Gasteiger partial charge in [0, 0.05) is 23.9 Å².